The second-order valence-electron chi connectivity index (χ2n) is 3.22. The van der Waals surface area contributed by atoms with Crippen LogP contribution in [0.2, 0.25) is 0 Å². The van der Waals surface area contributed by atoms with Crippen molar-refractivity contribution in [3.05, 3.63) is 35.9 Å². The molecular formula is C11H13N. The maximum Gasteiger partial charge on any atom is 0.0639 e. The number of rotatable bonds is 2. The Kier molecular flexibility index (Phi) is 2.21. The molecule has 0 unspecified atom stereocenters. The predicted molar refractivity (Wildman–Crippen MR) is 51.4 cm³/mol. The summed E-state index contributed by atoms with van der Waals surface area (Å²) < 4.78 is 0. The van der Waals surface area contributed by atoms with E-state index in [1.54, 1.807) is 0 Å². The highest BCUT2D eigenvalue weighted by molar-refractivity contribution is 5.89. The highest BCUT2D eigenvalue weighted by atomic mass is 14.7. The van der Waals surface area contributed by atoms with Crippen molar-refractivity contribution in [1.82, 2.24) is 0 Å². The van der Waals surface area contributed by atoms with E-state index in [4.69, 9.17) is 0 Å². The number of aliphatic imine (C=N–C) groups is 1. The highest BCUT2D eigenvalue weighted by Crippen LogP contribution is 2.15. The first-order valence-electron chi connectivity index (χ1n) is 4.51. The Balaban J connectivity index is 1.95. The molecule has 1 fully saturated rings. The lowest BCUT2D eigenvalue weighted by molar-refractivity contribution is 0.787. The van der Waals surface area contributed by atoms with Crippen molar-refractivity contribution in [1.29, 1.82) is 0 Å². The molecule has 0 atom stereocenters. The fourth-order valence-electron chi connectivity index (χ4n) is 1.28. The summed E-state index contributed by atoms with van der Waals surface area (Å²) in [5, 5.41) is 0. The Bertz CT molecular complexity index is 268. The molecule has 1 aromatic rings. The van der Waals surface area contributed by atoms with E-state index in [9.17, 15) is 0 Å². The first-order valence-corrected chi connectivity index (χ1v) is 4.51. The summed E-state index contributed by atoms with van der Waals surface area (Å²) in [6.07, 6.45) is 3.80. The summed E-state index contributed by atoms with van der Waals surface area (Å²) in [6, 6.07) is 10.4. The van der Waals surface area contributed by atoms with Crippen molar-refractivity contribution in [2.24, 2.45) is 4.99 Å². The Labute approximate surface area is 73.1 Å². The molecule has 1 nitrogen and oxygen atoms in total. The summed E-state index contributed by atoms with van der Waals surface area (Å²) in [5.74, 6) is 0. The zero-order valence-electron chi connectivity index (χ0n) is 7.16. The van der Waals surface area contributed by atoms with E-state index in [0.29, 0.717) is 0 Å². The molecule has 0 saturated heterocycles. The average molecular weight is 159 g/mol. The molecule has 1 heteroatoms. The molecule has 0 radical (unpaired) electrons. The third-order valence-corrected chi connectivity index (χ3v) is 2.26. The SMILES string of the molecule is c1ccc(CN=C2CCC2)cc1. The van der Waals surface area contributed by atoms with Crippen LogP contribution in [0.5, 0.6) is 0 Å². The van der Waals surface area contributed by atoms with Gasteiger partial charge in [0.2, 0.25) is 0 Å². The standard InChI is InChI=1S/C11H13N/c1-2-5-10(6-3-1)9-12-11-7-4-8-11/h1-3,5-6H,4,7-9H2. The molecular weight excluding hydrogens is 146 g/mol. The molecule has 0 aliphatic heterocycles. The van der Waals surface area contributed by atoms with E-state index < -0.39 is 0 Å². The van der Waals surface area contributed by atoms with Gasteiger partial charge in [0.1, 0.15) is 0 Å². The van der Waals surface area contributed by atoms with Gasteiger partial charge in [-0.25, -0.2) is 0 Å². The Morgan fingerprint density at radius 2 is 1.83 bits per heavy atom. The van der Waals surface area contributed by atoms with Crippen LogP contribution in [-0.2, 0) is 6.54 Å². The summed E-state index contributed by atoms with van der Waals surface area (Å²) >= 11 is 0. The molecule has 1 saturated carbocycles. The van der Waals surface area contributed by atoms with Gasteiger partial charge in [0.15, 0.2) is 0 Å². The molecule has 0 aromatic heterocycles. The number of hydrogen-bond donors (Lipinski definition) is 0. The van der Waals surface area contributed by atoms with Crippen LogP contribution in [0.15, 0.2) is 35.3 Å². The largest absolute Gasteiger partial charge is 0.289 e. The zero-order chi connectivity index (χ0) is 8.23. The Morgan fingerprint density at radius 3 is 2.42 bits per heavy atom. The molecule has 1 aromatic carbocycles. The minimum atomic E-state index is 0.871. The van der Waals surface area contributed by atoms with Gasteiger partial charge in [-0.1, -0.05) is 30.3 Å². The van der Waals surface area contributed by atoms with Gasteiger partial charge in [-0.15, -0.1) is 0 Å². The normalized spacial score (nSPS) is 15.5. The first kappa shape index (κ1) is 7.53. The van der Waals surface area contributed by atoms with Gasteiger partial charge in [-0.2, -0.15) is 0 Å². The van der Waals surface area contributed by atoms with Crippen molar-refractivity contribution in [2.75, 3.05) is 0 Å². The first-order chi connectivity index (χ1) is 5.95. The number of nitrogens with zero attached hydrogens (tertiary/aromatic N) is 1. The van der Waals surface area contributed by atoms with Gasteiger partial charge < -0.3 is 0 Å². The van der Waals surface area contributed by atoms with Crippen LogP contribution in [0, 0.1) is 0 Å². The fourth-order valence-corrected chi connectivity index (χ4v) is 1.28. The van der Waals surface area contributed by atoms with Crippen LogP contribution < -0.4 is 0 Å². The molecule has 12 heavy (non-hydrogen) atoms. The fraction of sp³-hybridized carbons (Fsp3) is 0.364. The average Bonchev–Trinajstić information content (AvgIpc) is 2.04. The maximum atomic E-state index is 4.52. The van der Waals surface area contributed by atoms with Crippen molar-refractivity contribution in [3.63, 3.8) is 0 Å². The van der Waals surface area contributed by atoms with E-state index in [-0.39, 0.29) is 0 Å². The van der Waals surface area contributed by atoms with Gasteiger partial charge in [0.05, 0.1) is 6.54 Å². The van der Waals surface area contributed by atoms with Crippen molar-refractivity contribution in [3.8, 4) is 0 Å². The summed E-state index contributed by atoms with van der Waals surface area (Å²) in [5.41, 5.74) is 2.72. The molecule has 0 heterocycles. The van der Waals surface area contributed by atoms with Gasteiger partial charge >= 0.3 is 0 Å². The predicted octanol–water partition coefficient (Wildman–Crippen LogP) is 2.81. The van der Waals surface area contributed by atoms with E-state index in [2.05, 4.69) is 29.3 Å². The third kappa shape index (κ3) is 1.73. The quantitative estimate of drug-likeness (QED) is 0.629. The van der Waals surface area contributed by atoms with Crippen LogP contribution in [0.3, 0.4) is 0 Å². The molecule has 2 rings (SSSR count). The van der Waals surface area contributed by atoms with Crippen molar-refractivity contribution in [2.45, 2.75) is 25.8 Å². The third-order valence-electron chi connectivity index (χ3n) is 2.26. The molecule has 0 N–H and O–H groups in total. The maximum absolute atomic E-state index is 4.52. The van der Waals surface area contributed by atoms with Crippen LogP contribution in [0.4, 0.5) is 0 Å². The van der Waals surface area contributed by atoms with Crippen LogP contribution in [0.25, 0.3) is 0 Å². The van der Waals surface area contributed by atoms with Gasteiger partial charge in [-0.05, 0) is 24.8 Å². The van der Waals surface area contributed by atoms with E-state index in [1.807, 2.05) is 6.07 Å². The van der Waals surface area contributed by atoms with Crippen molar-refractivity contribution >= 4 is 5.71 Å². The summed E-state index contributed by atoms with van der Waals surface area (Å²) in [6.45, 7) is 0.871. The van der Waals surface area contributed by atoms with Crippen LogP contribution >= 0.6 is 0 Å². The lowest BCUT2D eigenvalue weighted by Gasteiger charge is -2.14. The Hall–Kier alpha value is -1.11. The van der Waals surface area contributed by atoms with E-state index in [0.717, 1.165) is 6.54 Å². The smallest absolute Gasteiger partial charge is 0.0639 e. The summed E-state index contributed by atoms with van der Waals surface area (Å²) in [7, 11) is 0. The number of benzene rings is 1. The molecule has 62 valence electrons. The molecule has 1 aliphatic rings. The minimum absolute atomic E-state index is 0.871. The second-order valence-corrected chi connectivity index (χ2v) is 3.22. The minimum Gasteiger partial charge on any atom is -0.289 e. The van der Waals surface area contributed by atoms with E-state index >= 15 is 0 Å². The number of hydrogen-bond acceptors (Lipinski definition) is 1. The Morgan fingerprint density at radius 1 is 1.08 bits per heavy atom. The van der Waals surface area contributed by atoms with Crippen molar-refractivity contribution < 1.29 is 0 Å². The van der Waals surface area contributed by atoms with Gasteiger partial charge in [-0.3, -0.25) is 4.99 Å². The van der Waals surface area contributed by atoms with Gasteiger partial charge in [0, 0.05) is 5.71 Å². The monoisotopic (exact) mass is 159 g/mol. The molecule has 0 amide bonds. The van der Waals surface area contributed by atoms with Crippen LogP contribution in [0.1, 0.15) is 24.8 Å². The highest BCUT2D eigenvalue weighted by Gasteiger charge is 2.08. The molecule has 1 aliphatic carbocycles. The molecule has 0 bridgehead atoms. The van der Waals surface area contributed by atoms with Gasteiger partial charge in [0.25, 0.3) is 0 Å². The van der Waals surface area contributed by atoms with E-state index in [1.165, 1.54) is 30.5 Å². The summed E-state index contributed by atoms with van der Waals surface area (Å²) in [4.78, 5) is 4.52. The van der Waals surface area contributed by atoms with Crippen LogP contribution in [-0.4, -0.2) is 5.71 Å². The topological polar surface area (TPSA) is 12.4 Å². The molecule has 0 spiro atoms. The lowest BCUT2D eigenvalue weighted by atomic mass is 9.97. The lowest BCUT2D eigenvalue weighted by Crippen LogP contribution is -2.09. The second kappa shape index (κ2) is 3.53. The zero-order valence-corrected chi connectivity index (χ0v) is 7.16.